The first-order valence-corrected chi connectivity index (χ1v) is 9.12. The summed E-state index contributed by atoms with van der Waals surface area (Å²) >= 11 is 0. The number of amides is 1. The fourth-order valence-electron chi connectivity index (χ4n) is 2.61. The van der Waals surface area contributed by atoms with Gasteiger partial charge in [-0.15, -0.1) is 0 Å². The number of sulfonamides is 1. The van der Waals surface area contributed by atoms with E-state index in [0.29, 0.717) is 22.6 Å². The van der Waals surface area contributed by atoms with Crippen LogP contribution in [0, 0.1) is 0 Å². The van der Waals surface area contributed by atoms with E-state index in [1.165, 1.54) is 19.2 Å². The van der Waals surface area contributed by atoms with Crippen molar-refractivity contribution in [3.8, 4) is 5.75 Å². The predicted molar refractivity (Wildman–Crippen MR) is 91.9 cm³/mol. The number of hydrogen-bond donors (Lipinski definition) is 3. The lowest BCUT2D eigenvalue weighted by Gasteiger charge is -2.14. The van der Waals surface area contributed by atoms with E-state index in [9.17, 15) is 18.3 Å². The third kappa shape index (κ3) is 3.81. The molecular weight excluding hydrogens is 344 g/mol. The van der Waals surface area contributed by atoms with Crippen molar-refractivity contribution >= 4 is 21.6 Å². The van der Waals surface area contributed by atoms with Crippen molar-refractivity contribution in [3.63, 3.8) is 0 Å². The Morgan fingerprint density at radius 3 is 2.84 bits per heavy atom. The lowest BCUT2D eigenvalue weighted by molar-refractivity contribution is -0.115. The molecule has 0 saturated heterocycles. The van der Waals surface area contributed by atoms with Gasteiger partial charge in [0.05, 0.1) is 24.5 Å². The van der Waals surface area contributed by atoms with Crippen molar-refractivity contribution in [2.45, 2.75) is 17.4 Å². The number of ether oxygens (including phenoxy) is 1. The Kier molecular flexibility index (Phi) is 4.76. The Bertz CT molecular complexity index is 911. The van der Waals surface area contributed by atoms with E-state index in [1.54, 1.807) is 30.3 Å². The van der Waals surface area contributed by atoms with E-state index in [-0.39, 0.29) is 23.8 Å². The van der Waals surface area contributed by atoms with Crippen molar-refractivity contribution in [1.82, 2.24) is 4.72 Å². The minimum atomic E-state index is -3.80. The van der Waals surface area contributed by atoms with Crippen LogP contribution in [-0.4, -0.2) is 33.1 Å². The maximum Gasteiger partial charge on any atom is 0.240 e. The third-order valence-corrected chi connectivity index (χ3v) is 5.38. The molecule has 132 valence electrons. The maximum absolute atomic E-state index is 12.4. The smallest absolute Gasteiger partial charge is 0.240 e. The van der Waals surface area contributed by atoms with Crippen LogP contribution in [0.3, 0.4) is 0 Å². The number of carbonyl (C=O) groups excluding carboxylic acids is 1. The average molecular weight is 362 g/mol. The van der Waals surface area contributed by atoms with Crippen molar-refractivity contribution in [3.05, 3.63) is 53.6 Å². The van der Waals surface area contributed by atoms with Gasteiger partial charge in [-0.3, -0.25) is 4.79 Å². The zero-order chi connectivity index (χ0) is 18.0. The zero-order valence-electron chi connectivity index (χ0n) is 13.5. The highest BCUT2D eigenvalue weighted by atomic mass is 32.2. The molecule has 1 atom stereocenters. The van der Waals surface area contributed by atoms with Crippen LogP contribution in [0.4, 0.5) is 5.69 Å². The van der Waals surface area contributed by atoms with E-state index in [0.717, 1.165) is 0 Å². The van der Waals surface area contributed by atoms with E-state index in [2.05, 4.69) is 10.0 Å². The van der Waals surface area contributed by atoms with Gasteiger partial charge in [-0.1, -0.05) is 12.1 Å². The van der Waals surface area contributed by atoms with E-state index < -0.39 is 16.1 Å². The molecule has 0 bridgehead atoms. The van der Waals surface area contributed by atoms with Gasteiger partial charge in [0.15, 0.2) is 0 Å². The quantitative estimate of drug-likeness (QED) is 0.716. The number of hydrogen-bond acceptors (Lipinski definition) is 5. The van der Waals surface area contributed by atoms with Crippen LogP contribution in [0.2, 0.25) is 0 Å². The normalized spacial score (nSPS) is 14.7. The first-order valence-electron chi connectivity index (χ1n) is 7.63. The number of benzene rings is 2. The van der Waals surface area contributed by atoms with Crippen molar-refractivity contribution < 1.29 is 23.1 Å². The Balaban J connectivity index is 1.71. The molecule has 25 heavy (non-hydrogen) atoms. The average Bonchev–Trinajstić information content (AvgIpc) is 2.99. The van der Waals surface area contributed by atoms with E-state index >= 15 is 0 Å². The molecule has 0 aromatic heterocycles. The monoisotopic (exact) mass is 362 g/mol. The number of carbonyl (C=O) groups is 1. The number of methoxy groups -OCH3 is 1. The highest BCUT2D eigenvalue weighted by Gasteiger charge is 2.22. The first kappa shape index (κ1) is 17.4. The lowest BCUT2D eigenvalue weighted by atomic mass is 10.1. The van der Waals surface area contributed by atoms with Crippen molar-refractivity contribution in [1.29, 1.82) is 0 Å². The molecule has 8 heteroatoms. The van der Waals surface area contributed by atoms with Crippen LogP contribution in [-0.2, 0) is 21.2 Å². The largest absolute Gasteiger partial charge is 0.497 e. The van der Waals surface area contributed by atoms with Gasteiger partial charge in [0, 0.05) is 12.2 Å². The minimum Gasteiger partial charge on any atom is -0.497 e. The molecule has 0 spiro atoms. The molecule has 0 aliphatic carbocycles. The molecule has 1 heterocycles. The SMILES string of the molecule is COc1cccc(C(O)CNS(=O)(=O)c2ccc3c(c2)CC(=O)N3)c1. The van der Waals surface area contributed by atoms with Crippen LogP contribution < -0.4 is 14.8 Å². The number of rotatable bonds is 6. The van der Waals surface area contributed by atoms with Crippen molar-refractivity contribution in [2.24, 2.45) is 0 Å². The summed E-state index contributed by atoms with van der Waals surface area (Å²) in [6.45, 7) is -0.177. The number of aliphatic hydroxyl groups is 1. The zero-order valence-corrected chi connectivity index (χ0v) is 14.3. The number of anilines is 1. The van der Waals surface area contributed by atoms with Gasteiger partial charge in [0.2, 0.25) is 15.9 Å². The number of nitrogens with one attached hydrogen (secondary N) is 2. The van der Waals surface area contributed by atoms with Gasteiger partial charge in [-0.25, -0.2) is 13.1 Å². The number of aliphatic hydroxyl groups excluding tert-OH is 1. The predicted octanol–water partition coefficient (Wildman–Crippen LogP) is 1.20. The summed E-state index contributed by atoms with van der Waals surface area (Å²) in [5.41, 5.74) is 1.81. The molecule has 3 N–H and O–H groups in total. The molecule has 7 nitrogen and oxygen atoms in total. The highest BCUT2D eigenvalue weighted by Crippen LogP contribution is 2.26. The number of fused-ring (bicyclic) bond motifs is 1. The molecule has 0 fully saturated rings. The molecule has 1 aliphatic heterocycles. The van der Waals surface area contributed by atoms with E-state index in [4.69, 9.17) is 4.74 Å². The van der Waals surface area contributed by atoms with Crippen LogP contribution in [0.1, 0.15) is 17.2 Å². The van der Waals surface area contributed by atoms with Crippen LogP contribution in [0.5, 0.6) is 5.75 Å². The molecule has 2 aromatic rings. The Labute approximate surface area is 145 Å². The van der Waals surface area contributed by atoms with Gasteiger partial charge in [0.25, 0.3) is 0 Å². The first-order chi connectivity index (χ1) is 11.9. The van der Waals surface area contributed by atoms with Gasteiger partial charge in [-0.05, 0) is 41.5 Å². The standard InChI is InChI=1S/C17H18N2O5S/c1-24-13-4-2-3-11(7-13)16(20)10-18-25(22,23)14-5-6-15-12(8-14)9-17(21)19-15/h2-8,16,18,20H,9-10H2,1H3,(H,19,21). The summed E-state index contributed by atoms with van der Waals surface area (Å²) in [6, 6.07) is 11.2. The molecule has 1 unspecified atom stereocenters. The topological polar surface area (TPSA) is 105 Å². The minimum absolute atomic E-state index is 0.0561. The Morgan fingerprint density at radius 2 is 2.08 bits per heavy atom. The lowest BCUT2D eigenvalue weighted by Crippen LogP contribution is -2.28. The summed E-state index contributed by atoms with van der Waals surface area (Å²) in [4.78, 5) is 11.4. The summed E-state index contributed by atoms with van der Waals surface area (Å²) in [5.74, 6) is 0.418. The fraction of sp³-hybridized carbons (Fsp3) is 0.235. The Hall–Kier alpha value is -2.42. The molecule has 2 aromatic carbocycles. The molecule has 3 rings (SSSR count). The second kappa shape index (κ2) is 6.83. The van der Waals surface area contributed by atoms with Gasteiger partial charge in [0.1, 0.15) is 5.75 Å². The highest BCUT2D eigenvalue weighted by molar-refractivity contribution is 7.89. The molecule has 1 amide bonds. The summed E-state index contributed by atoms with van der Waals surface area (Å²) < 4.78 is 32.3. The molecule has 0 radical (unpaired) electrons. The summed E-state index contributed by atoms with van der Waals surface area (Å²) in [7, 11) is -2.28. The third-order valence-electron chi connectivity index (χ3n) is 3.96. The maximum atomic E-state index is 12.4. The van der Waals surface area contributed by atoms with Gasteiger partial charge in [-0.2, -0.15) is 0 Å². The van der Waals surface area contributed by atoms with Crippen LogP contribution in [0.25, 0.3) is 0 Å². The Morgan fingerprint density at radius 1 is 1.28 bits per heavy atom. The van der Waals surface area contributed by atoms with Crippen LogP contribution >= 0.6 is 0 Å². The molecule has 1 aliphatic rings. The second-order valence-corrected chi connectivity index (χ2v) is 7.46. The fourth-order valence-corrected chi connectivity index (χ4v) is 3.70. The summed E-state index contributed by atoms with van der Waals surface area (Å²) in [5, 5.41) is 12.9. The van der Waals surface area contributed by atoms with Crippen LogP contribution in [0.15, 0.2) is 47.4 Å². The second-order valence-electron chi connectivity index (χ2n) is 5.69. The van der Waals surface area contributed by atoms with Gasteiger partial charge < -0.3 is 15.2 Å². The molecular formula is C17H18N2O5S. The molecule has 0 saturated carbocycles. The van der Waals surface area contributed by atoms with Crippen molar-refractivity contribution in [2.75, 3.05) is 19.0 Å². The van der Waals surface area contributed by atoms with E-state index in [1.807, 2.05) is 0 Å². The van der Waals surface area contributed by atoms with Gasteiger partial charge >= 0.3 is 0 Å². The summed E-state index contributed by atoms with van der Waals surface area (Å²) in [6.07, 6.45) is -0.854.